The first-order chi connectivity index (χ1) is 9.31. The second kappa shape index (κ2) is 7.24. The van der Waals surface area contributed by atoms with Gasteiger partial charge in [0, 0.05) is 13.2 Å². The van der Waals surface area contributed by atoms with Crippen molar-refractivity contribution < 1.29 is 9.47 Å². The van der Waals surface area contributed by atoms with E-state index in [0.29, 0.717) is 18.4 Å². The van der Waals surface area contributed by atoms with Gasteiger partial charge in [0.15, 0.2) is 0 Å². The van der Waals surface area contributed by atoms with Gasteiger partial charge in [-0.3, -0.25) is 0 Å². The molecule has 0 amide bonds. The molecule has 1 aliphatic rings. The zero-order chi connectivity index (χ0) is 13.5. The van der Waals surface area contributed by atoms with Crippen molar-refractivity contribution in [2.75, 3.05) is 30.8 Å². The lowest BCUT2D eigenvalue weighted by molar-refractivity contribution is 0.107. The fourth-order valence-corrected chi connectivity index (χ4v) is 2.28. The predicted molar refractivity (Wildman–Crippen MR) is 78.7 cm³/mol. The van der Waals surface area contributed by atoms with Crippen LogP contribution in [0.4, 0.5) is 11.4 Å². The number of para-hydroxylation sites is 1. The molecule has 1 aromatic carbocycles. The minimum Gasteiger partial charge on any atom is -0.491 e. The molecular formula is C15H24N2O2. The van der Waals surface area contributed by atoms with Crippen LogP contribution in [0.2, 0.25) is 0 Å². The number of nitrogens with two attached hydrogens (primary N) is 1. The van der Waals surface area contributed by atoms with Crippen LogP contribution in [0.15, 0.2) is 18.2 Å². The van der Waals surface area contributed by atoms with Crippen LogP contribution < -0.4 is 15.8 Å². The quantitative estimate of drug-likeness (QED) is 0.743. The van der Waals surface area contributed by atoms with Gasteiger partial charge in [0.2, 0.25) is 0 Å². The Labute approximate surface area is 115 Å². The van der Waals surface area contributed by atoms with Gasteiger partial charge in [-0.15, -0.1) is 0 Å². The number of ether oxygens (including phenoxy) is 2. The fraction of sp³-hybridized carbons (Fsp3) is 0.600. The summed E-state index contributed by atoms with van der Waals surface area (Å²) in [5.41, 5.74) is 7.75. The zero-order valence-corrected chi connectivity index (χ0v) is 11.7. The highest BCUT2D eigenvalue weighted by molar-refractivity contribution is 5.72. The molecule has 1 atom stereocenters. The van der Waals surface area contributed by atoms with Crippen molar-refractivity contribution in [2.45, 2.75) is 38.7 Å². The molecule has 0 aromatic heterocycles. The Bertz CT molecular complexity index is 390. The molecule has 106 valence electrons. The van der Waals surface area contributed by atoms with E-state index < -0.39 is 0 Å². The van der Waals surface area contributed by atoms with Gasteiger partial charge in [-0.1, -0.05) is 13.0 Å². The molecule has 1 saturated heterocycles. The summed E-state index contributed by atoms with van der Waals surface area (Å²) >= 11 is 0. The van der Waals surface area contributed by atoms with E-state index in [2.05, 4.69) is 12.2 Å². The lowest BCUT2D eigenvalue weighted by Crippen LogP contribution is -2.13. The van der Waals surface area contributed by atoms with Crippen molar-refractivity contribution in [3.63, 3.8) is 0 Å². The van der Waals surface area contributed by atoms with Gasteiger partial charge in [0.1, 0.15) is 5.75 Å². The average molecular weight is 264 g/mol. The molecule has 1 unspecified atom stereocenters. The molecule has 19 heavy (non-hydrogen) atoms. The molecule has 4 nitrogen and oxygen atoms in total. The van der Waals surface area contributed by atoms with E-state index in [1.165, 1.54) is 12.8 Å². The minimum atomic E-state index is 0.410. The summed E-state index contributed by atoms with van der Waals surface area (Å²) in [6, 6.07) is 5.87. The van der Waals surface area contributed by atoms with Crippen molar-refractivity contribution in [2.24, 2.45) is 0 Å². The Morgan fingerprint density at radius 3 is 3.11 bits per heavy atom. The molecule has 1 heterocycles. The highest BCUT2D eigenvalue weighted by atomic mass is 16.5. The third-order valence-corrected chi connectivity index (χ3v) is 3.33. The number of nitrogens with one attached hydrogen (secondary N) is 1. The highest BCUT2D eigenvalue weighted by Gasteiger charge is 2.15. The molecule has 4 heteroatoms. The summed E-state index contributed by atoms with van der Waals surface area (Å²) in [6.07, 6.45) is 4.78. The number of nitrogen functional groups attached to an aromatic ring is 1. The van der Waals surface area contributed by atoms with Crippen molar-refractivity contribution >= 4 is 11.4 Å². The van der Waals surface area contributed by atoms with E-state index in [1.54, 1.807) is 0 Å². The molecular weight excluding hydrogens is 240 g/mol. The van der Waals surface area contributed by atoms with Gasteiger partial charge < -0.3 is 20.5 Å². The Morgan fingerprint density at radius 1 is 1.47 bits per heavy atom. The first-order valence-corrected chi connectivity index (χ1v) is 7.18. The van der Waals surface area contributed by atoms with Gasteiger partial charge in [0.25, 0.3) is 0 Å². The topological polar surface area (TPSA) is 56.5 Å². The summed E-state index contributed by atoms with van der Waals surface area (Å²) < 4.78 is 11.2. The number of hydrogen-bond acceptors (Lipinski definition) is 4. The first kappa shape index (κ1) is 14.0. The third-order valence-electron chi connectivity index (χ3n) is 3.33. The van der Waals surface area contributed by atoms with E-state index >= 15 is 0 Å². The Hall–Kier alpha value is -1.42. The van der Waals surface area contributed by atoms with Gasteiger partial charge in [-0.05, 0) is 37.8 Å². The first-order valence-electron chi connectivity index (χ1n) is 7.18. The van der Waals surface area contributed by atoms with Crippen molar-refractivity contribution in [1.29, 1.82) is 0 Å². The van der Waals surface area contributed by atoms with Gasteiger partial charge in [0.05, 0.1) is 24.1 Å². The monoisotopic (exact) mass is 264 g/mol. The number of hydrogen-bond donors (Lipinski definition) is 2. The van der Waals surface area contributed by atoms with Gasteiger partial charge in [-0.2, -0.15) is 0 Å². The molecule has 0 aliphatic carbocycles. The van der Waals surface area contributed by atoms with E-state index in [1.807, 2.05) is 18.2 Å². The summed E-state index contributed by atoms with van der Waals surface area (Å²) in [5, 5.41) is 3.37. The largest absolute Gasteiger partial charge is 0.491 e. The summed E-state index contributed by atoms with van der Waals surface area (Å²) in [7, 11) is 0. The molecule has 0 bridgehead atoms. The molecule has 1 fully saturated rings. The fourth-order valence-electron chi connectivity index (χ4n) is 2.28. The van der Waals surface area contributed by atoms with Crippen LogP contribution in [0.5, 0.6) is 5.75 Å². The van der Waals surface area contributed by atoms with E-state index in [9.17, 15) is 0 Å². The Balaban J connectivity index is 1.84. The van der Waals surface area contributed by atoms with E-state index in [-0.39, 0.29) is 0 Å². The van der Waals surface area contributed by atoms with Gasteiger partial charge >= 0.3 is 0 Å². The molecule has 1 aromatic rings. The highest BCUT2D eigenvalue weighted by Crippen LogP contribution is 2.29. The van der Waals surface area contributed by atoms with E-state index in [0.717, 1.165) is 37.4 Å². The van der Waals surface area contributed by atoms with Crippen LogP contribution in [0, 0.1) is 0 Å². The van der Waals surface area contributed by atoms with Crippen molar-refractivity contribution in [3.05, 3.63) is 18.2 Å². The lowest BCUT2D eigenvalue weighted by Gasteiger charge is -2.15. The van der Waals surface area contributed by atoms with Crippen LogP contribution in [0.25, 0.3) is 0 Å². The maximum Gasteiger partial charge on any atom is 0.144 e. The molecule has 2 rings (SSSR count). The zero-order valence-electron chi connectivity index (χ0n) is 11.7. The number of anilines is 2. The number of benzene rings is 1. The second-order valence-electron chi connectivity index (χ2n) is 4.92. The number of rotatable bonds is 7. The Morgan fingerprint density at radius 2 is 2.37 bits per heavy atom. The molecule has 0 radical (unpaired) electrons. The second-order valence-corrected chi connectivity index (χ2v) is 4.92. The molecule has 1 aliphatic heterocycles. The summed E-state index contributed by atoms with van der Waals surface area (Å²) in [6.45, 7) is 4.57. The smallest absolute Gasteiger partial charge is 0.144 e. The lowest BCUT2D eigenvalue weighted by atomic mass is 10.2. The third kappa shape index (κ3) is 4.03. The van der Waals surface area contributed by atoms with Crippen molar-refractivity contribution in [3.8, 4) is 5.75 Å². The van der Waals surface area contributed by atoms with Gasteiger partial charge in [-0.25, -0.2) is 0 Å². The normalized spacial score (nSPS) is 18.5. The summed E-state index contributed by atoms with van der Waals surface area (Å²) in [5.74, 6) is 0.768. The summed E-state index contributed by atoms with van der Waals surface area (Å²) in [4.78, 5) is 0. The van der Waals surface area contributed by atoms with Crippen LogP contribution in [0.1, 0.15) is 32.6 Å². The van der Waals surface area contributed by atoms with Crippen molar-refractivity contribution in [1.82, 2.24) is 0 Å². The van der Waals surface area contributed by atoms with Crippen LogP contribution in [-0.4, -0.2) is 25.9 Å². The molecule has 0 saturated carbocycles. The van der Waals surface area contributed by atoms with Crippen LogP contribution >= 0.6 is 0 Å². The minimum absolute atomic E-state index is 0.410. The Kier molecular flexibility index (Phi) is 5.33. The predicted octanol–water partition coefficient (Wildman–Crippen LogP) is 3.04. The average Bonchev–Trinajstić information content (AvgIpc) is 2.92. The van der Waals surface area contributed by atoms with E-state index in [4.69, 9.17) is 15.2 Å². The SMILES string of the molecule is CCCOc1cccc(NCCC2CCCO2)c1N. The standard InChI is InChI=1S/C15H24N2O2/c1-2-10-19-14-7-3-6-13(15(14)16)17-9-8-12-5-4-11-18-12/h3,6-7,12,17H,2,4-5,8-11,16H2,1H3. The molecule has 3 N–H and O–H groups in total. The van der Waals surface area contributed by atoms with Crippen LogP contribution in [0.3, 0.4) is 0 Å². The van der Waals surface area contributed by atoms with Crippen LogP contribution in [-0.2, 0) is 4.74 Å². The maximum absolute atomic E-state index is 6.10. The maximum atomic E-state index is 6.10. The molecule has 0 spiro atoms.